The monoisotopic (exact) mass is 304 g/mol. The SMILES string of the molecule is CC(CCNc1ncc(C(=O)O)cc1Cl)c1ccccc1. The van der Waals surface area contributed by atoms with Crippen LogP contribution in [0.5, 0.6) is 0 Å². The molecule has 0 aliphatic carbocycles. The Kier molecular flexibility index (Phi) is 5.17. The zero-order valence-electron chi connectivity index (χ0n) is 11.7. The molecule has 0 spiro atoms. The maximum atomic E-state index is 10.8. The summed E-state index contributed by atoms with van der Waals surface area (Å²) in [4.78, 5) is 14.9. The minimum Gasteiger partial charge on any atom is -0.478 e. The van der Waals surface area contributed by atoms with Crippen LogP contribution in [0.15, 0.2) is 42.6 Å². The quantitative estimate of drug-likeness (QED) is 0.845. The first-order valence-electron chi connectivity index (χ1n) is 6.75. The van der Waals surface area contributed by atoms with E-state index in [9.17, 15) is 4.79 Å². The van der Waals surface area contributed by atoms with Crippen LogP contribution in [0.1, 0.15) is 35.2 Å². The van der Waals surface area contributed by atoms with Gasteiger partial charge in [0.2, 0.25) is 0 Å². The van der Waals surface area contributed by atoms with E-state index in [0.717, 1.165) is 13.0 Å². The van der Waals surface area contributed by atoms with Gasteiger partial charge in [-0.1, -0.05) is 48.9 Å². The lowest BCUT2D eigenvalue weighted by atomic mass is 9.98. The van der Waals surface area contributed by atoms with Gasteiger partial charge in [0.05, 0.1) is 10.6 Å². The topological polar surface area (TPSA) is 62.2 Å². The van der Waals surface area contributed by atoms with Gasteiger partial charge in [0, 0.05) is 12.7 Å². The van der Waals surface area contributed by atoms with Gasteiger partial charge in [-0.05, 0) is 24.0 Å². The number of pyridine rings is 1. The molecule has 1 heterocycles. The van der Waals surface area contributed by atoms with Crippen LogP contribution in [0.25, 0.3) is 0 Å². The third kappa shape index (κ3) is 4.20. The Balaban J connectivity index is 1.90. The molecule has 2 N–H and O–H groups in total. The number of carboxylic acid groups (broad SMARTS) is 1. The third-order valence-electron chi connectivity index (χ3n) is 3.33. The third-order valence-corrected chi connectivity index (χ3v) is 3.61. The van der Waals surface area contributed by atoms with Crippen molar-refractivity contribution in [2.75, 3.05) is 11.9 Å². The van der Waals surface area contributed by atoms with E-state index in [1.54, 1.807) is 0 Å². The van der Waals surface area contributed by atoms with Crippen LogP contribution in [0.3, 0.4) is 0 Å². The Hall–Kier alpha value is -2.07. The van der Waals surface area contributed by atoms with E-state index in [1.165, 1.54) is 17.8 Å². The molecule has 0 aliphatic rings. The second kappa shape index (κ2) is 7.09. The number of nitrogens with one attached hydrogen (secondary N) is 1. The van der Waals surface area contributed by atoms with Crippen LogP contribution >= 0.6 is 11.6 Å². The number of carboxylic acids is 1. The molecule has 0 bridgehead atoms. The van der Waals surface area contributed by atoms with E-state index in [1.807, 2.05) is 18.2 Å². The van der Waals surface area contributed by atoms with E-state index in [2.05, 4.69) is 29.4 Å². The van der Waals surface area contributed by atoms with Gasteiger partial charge in [-0.2, -0.15) is 0 Å². The number of hydrogen-bond donors (Lipinski definition) is 2. The number of carbonyl (C=O) groups is 1. The molecule has 1 aromatic carbocycles. The van der Waals surface area contributed by atoms with Crippen molar-refractivity contribution in [3.8, 4) is 0 Å². The highest BCUT2D eigenvalue weighted by molar-refractivity contribution is 6.33. The van der Waals surface area contributed by atoms with Gasteiger partial charge in [0.1, 0.15) is 5.82 Å². The molecule has 4 nitrogen and oxygen atoms in total. The molecular formula is C16H17ClN2O2. The predicted molar refractivity (Wildman–Crippen MR) is 84.2 cm³/mol. The highest BCUT2D eigenvalue weighted by Crippen LogP contribution is 2.22. The summed E-state index contributed by atoms with van der Waals surface area (Å²) in [6.45, 7) is 2.88. The van der Waals surface area contributed by atoms with Gasteiger partial charge in [-0.15, -0.1) is 0 Å². The van der Waals surface area contributed by atoms with Crippen molar-refractivity contribution in [3.63, 3.8) is 0 Å². The molecule has 0 amide bonds. The number of benzene rings is 1. The van der Waals surface area contributed by atoms with Gasteiger partial charge in [-0.3, -0.25) is 0 Å². The number of rotatable bonds is 6. The Bertz CT molecular complexity index is 617. The summed E-state index contributed by atoms with van der Waals surface area (Å²) in [6.07, 6.45) is 2.24. The summed E-state index contributed by atoms with van der Waals surface area (Å²) >= 11 is 6.02. The molecule has 1 unspecified atom stereocenters. The molecule has 0 fully saturated rings. The Morgan fingerprint density at radius 1 is 1.38 bits per heavy atom. The summed E-state index contributed by atoms with van der Waals surface area (Å²) in [5, 5.41) is 12.3. The molecule has 0 saturated heterocycles. The smallest absolute Gasteiger partial charge is 0.337 e. The Labute approximate surface area is 128 Å². The fourth-order valence-electron chi connectivity index (χ4n) is 2.04. The molecule has 5 heteroatoms. The van der Waals surface area contributed by atoms with E-state index in [4.69, 9.17) is 16.7 Å². The van der Waals surface area contributed by atoms with Gasteiger partial charge in [0.25, 0.3) is 0 Å². The van der Waals surface area contributed by atoms with Crippen LogP contribution in [0.4, 0.5) is 5.82 Å². The first-order chi connectivity index (χ1) is 10.1. The fourth-order valence-corrected chi connectivity index (χ4v) is 2.27. The summed E-state index contributed by atoms with van der Waals surface area (Å²) in [5.74, 6) is -0.0913. The molecule has 1 aromatic heterocycles. The molecule has 0 saturated carbocycles. The Morgan fingerprint density at radius 3 is 2.71 bits per heavy atom. The fraction of sp³-hybridized carbons (Fsp3) is 0.250. The van der Waals surface area contributed by atoms with Crippen molar-refractivity contribution < 1.29 is 9.90 Å². The minimum absolute atomic E-state index is 0.0863. The van der Waals surface area contributed by atoms with Crippen molar-refractivity contribution in [1.29, 1.82) is 0 Å². The van der Waals surface area contributed by atoms with Crippen LogP contribution < -0.4 is 5.32 Å². The van der Waals surface area contributed by atoms with Crippen molar-refractivity contribution in [3.05, 3.63) is 58.7 Å². The van der Waals surface area contributed by atoms with Crippen LogP contribution in [-0.2, 0) is 0 Å². The van der Waals surface area contributed by atoms with E-state index in [0.29, 0.717) is 16.8 Å². The van der Waals surface area contributed by atoms with E-state index < -0.39 is 5.97 Å². The first kappa shape index (κ1) is 15.3. The van der Waals surface area contributed by atoms with E-state index in [-0.39, 0.29) is 5.56 Å². The second-order valence-corrected chi connectivity index (χ2v) is 5.29. The van der Waals surface area contributed by atoms with Crippen LogP contribution in [-0.4, -0.2) is 22.6 Å². The van der Waals surface area contributed by atoms with Gasteiger partial charge >= 0.3 is 5.97 Å². The highest BCUT2D eigenvalue weighted by Gasteiger charge is 2.09. The van der Waals surface area contributed by atoms with Gasteiger partial charge in [-0.25, -0.2) is 9.78 Å². The zero-order chi connectivity index (χ0) is 15.2. The molecule has 21 heavy (non-hydrogen) atoms. The lowest BCUT2D eigenvalue weighted by Crippen LogP contribution is -2.08. The maximum Gasteiger partial charge on any atom is 0.337 e. The first-order valence-corrected chi connectivity index (χ1v) is 7.13. The summed E-state index contributed by atoms with van der Waals surface area (Å²) in [6, 6.07) is 11.7. The van der Waals surface area contributed by atoms with Gasteiger partial charge in [0.15, 0.2) is 0 Å². The van der Waals surface area contributed by atoms with Crippen molar-refractivity contribution in [2.24, 2.45) is 0 Å². The molecule has 1 atom stereocenters. The zero-order valence-corrected chi connectivity index (χ0v) is 12.5. The average molecular weight is 305 g/mol. The van der Waals surface area contributed by atoms with Crippen molar-refractivity contribution in [2.45, 2.75) is 19.3 Å². The summed E-state index contributed by atoms with van der Waals surface area (Å²) < 4.78 is 0. The minimum atomic E-state index is -1.03. The second-order valence-electron chi connectivity index (χ2n) is 4.89. The highest BCUT2D eigenvalue weighted by atomic mass is 35.5. The molecule has 2 aromatic rings. The average Bonchev–Trinajstić information content (AvgIpc) is 2.49. The van der Waals surface area contributed by atoms with Crippen LogP contribution in [0.2, 0.25) is 5.02 Å². The number of aromatic carboxylic acids is 1. The molecular weight excluding hydrogens is 288 g/mol. The normalized spacial score (nSPS) is 11.9. The summed E-state index contributed by atoms with van der Waals surface area (Å²) in [7, 11) is 0. The molecule has 2 rings (SSSR count). The predicted octanol–water partition coefficient (Wildman–Crippen LogP) is 4.04. The number of aromatic nitrogens is 1. The van der Waals surface area contributed by atoms with E-state index >= 15 is 0 Å². The van der Waals surface area contributed by atoms with Crippen LogP contribution in [0, 0.1) is 0 Å². The number of nitrogens with zero attached hydrogens (tertiary/aromatic N) is 1. The molecule has 0 radical (unpaired) electrons. The van der Waals surface area contributed by atoms with Gasteiger partial charge < -0.3 is 10.4 Å². The molecule has 0 aliphatic heterocycles. The summed E-state index contributed by atoms with van der Waals surface area (Å²) in [5.41, 5.74) is 1.38. The molecule has 110 valence electrons. The Morgan fingerprint density at radius 2 is 2.10 bits per heavy atom. The largest absolute Gasteiger partial charge is 0.478 e. The lowest BCUT2D eigenvalue weighted by Gasteiger charge is -2.13. The number of anilines is 1. The van der Waals surface area contributed by atoms with Crippen molar-refractivity contribution >= 4 is 23.4 Å². The van der Waals surface area contributed by atoms with Crippen molar-refractivity contribution in [1.82, 2.24) is 4.98 Å². The lowest BCUT2D eigenvalue weighted by molar-refractivity contribution is 0.0696. The number of hydrogen-bond acceptors (Lipinski definition) is 3. The number of halogens is 1. The maximum absolute atomic E-state index is 10.8. The standard InChI is InChI=1S/C16H17ClN2O2/c1-11(12-5-3-2-4-6-12)7-8-18-15-14(17)9-13(10-19-15)16(20)21/h2-6,9-11H,7-8H2,1H3,(H,18,19)(H,20,21).